The third-order valence-corrected chi connectivity index (χ3v) is 16.8. The van der Waals surface area contributed by atoms with Crippen LogP contribution in [0.3, 0.4) is 0 Å². The van der Waals surface area contributed by atoms with Gasteiger partial charge in [0.2, 0.25) is 0 Å². The highest BCUT2D eigenvalue weighted by molar-refractivity contribution is 5.97. The molecule has 0 spiro atoms. The molecule has 5 aliphatic rings. The van der Waals surface area contributed by atoms with Crippen LogP contribution in [0.25, 0.3) is 0 Å². The van der Waals surface area contributed by atoms with Crippen molar-refractivity contribution < 1.29 is 67.4 Å². The number of carbonyl (C=O) groups excluding carboxylic acids is 6. The van der Waals surface area contributed by atoms with Gasteiger partial charge in [-0.2, -0.15) is 0 Å². The molecule has 1 heterocycles. The first kappa shape index (κ1) is 61.0. The van der Waals surface area contributed by atoms with Gasteiger partial charge in [0.25, 0.3) is 0 Å². The van der Waals surface area contributed by atoms with Gasteiger partial charge in [-0.3, -0.25) is 19.2 Å². The van der Waals surface area contributed by atoms with Crippen LogP contribution < -0.4 is 5.32 Å². The van der Waals surface area contributed by atoms with E-state index in [0.717, 1.165) is 32.1 Å². The number of ketones is 1. The number of hydrogen-bond donors (Lipinski definition) is 3. The van der Waals surface area contributed by atoms with E-state index in [2.05, 4.69) is 66.9 Å². The van der Waals surface area contributed by atoms with Crippen LogP contribution in [-0.4, -0.2) is 99.4 Å². The maximum atomic E-state index is 16.0. The average Bonchev–Trinajstić information content (AvgIpc) is 3.41. The minimum absolute atomic E-state index is 0.102. The van der Waals surface area contributed by atoms with Crippen LogP contribution in [0.1, 0.15) is 148 Å². The summed E-state index contributed by atoms with van der Waals surface area (Å²) >= 11 is 0. The summed E-state index contributed by atoms with van der Waals surface area (Å²) in [5.41, 5.74) is -9.37. The van der Waals surface area contributed by atoms with Gasteiger partial charge in [0.15, 0.2) is 17.5 Å². The van der Waals surface area contributed by atoms with Crippen molar-refractivity contribution in [1.29, 1.82) is 0 Å². The molecule has 1 saturated heterocycles. The standard InChI is InChI=1S/C65H81NO14/c1-10-11-12-13-14-15-16-17-18-19-20-21-22-23-24-25-26-27-34-39-50(69)76-53-51-44(3)65(79-57(71)43(2)52(46-35-30-28-31-36-46)66-59(73)80-60(5,6)7)41-64(74,62(51,65)9)56(77-58(72)47-37-32-29-33-38-47)54-61(8,55(53)70)48(68)40-49-63(54,42-75-49)78-45(4)67/h11-12,14-15,17-18,20-21,23-24,26-33,35-38,43,48-49,52-54,56,68,74H,10,13,16,19,22,25,34,39-42H2,1-9H3,(H,66,73)/b12-11-,15-14-,18-17-,21-20-,24-23-,27-26-/t43-,48+,49-,52?,53-,54+,56+,61-,62-,63+,64-,65?/m1/s1. The molecule has 4 fully saturated rings. The number of benzene rings is 2. The molecule has 15 heteroatoms. The van der Waals surface area contributed by atoms with Gasteiger partial charge >= 0.3 is 30.0 Å². The van der Waals surface area contributed by atoms with Crippen LogP contribution in [0.5, 0.6) is 0 Å². The van der Waals surface area contributed by atoms with Gasteiger partial charge in [0, 0.05) is 26.2 Å². The van der Waals surface area contributed by atoms with E-state index < -0.39 is 118 Å². The maximum absolute atomic E-state index is 16.0. The quantitative estimate of drug-likeness (QED) is 0.0537. The van der Waals surface area contributed by atoms with Crippen molar-refractivity contribution in [1.82, 2.24) is 5.32 Å². The van der Waals surface area contributed by atoms with E-state index in [-0.39, 0.29) is 37.0 Å². The number of nitrogens with one attached hydrogen (secondary N) is 1. The second-order valence-corrected chi connectivity index (χ2v) is 23.1. The molecule has 3 N–H and O–H groups in total. The van der Waals surface area contributed by atoms with Gasteiger partial charge in [-0.05, 0) is 122 Å². The number of alkyl carbamates (subject to hydrolysis) is 1. The smallest absolute Gasteiger partial charge is 0.408 e. The van der Waals surface area contributed by atoms with Gasteiger partial charge in [-0.1, -0.05) is 128 Å². The predicted octanol–water partition coefficient (Wildman–Crippen LogP) is 10.9. The number of fused-ring (bicyclic) bond motifs is 3. The number of Topliss-reactive ketones (excluding diaryl/α,β-unsaturated/α-hetero) is 1. The number of carbonyl (C=O) groups is 6. The van der Waals surface area contributed by atoms with Gasteiger partial charge in [-0.15, -0.1) is 0 Å². The Morgan fingerprint density at radius 3 is 1.88 bits per heavy atom. The minimum Gasteiger partial charge on any atom is -0.455 e. The minimum atomic E-state index is -2.27. The molecule has 7 rings (SSSR count). The third kappa shape index (κ3) is 12.0. The predicted molar refractivity (Wildman–Crippen MR) is 301 cm³/mol. The molecule has 15 nitrogen and oxygen atoms in total. The molecule has 430 valence electrons. The first-order valence-corrected chi connectivity index (χ1v) is 28.1. The van der Waals surface area contributed by atoms with Crippen molar-refractivity contribution in [2.75, 3.05) is 6.61 Å². The maximum Gasteiger partial charge on any atom is 0.408 e. The number of allylic oxidation sites excluding steroid dienone is 12. The summed E-state index contributed by atoms with van der Waals surface area (Å²) in [5.74, 6) is -6.59. The number of esters is 4. The van der Waals surface area contributed by atoms with Crippen LogP contribution in [0.4, 0.5) is 4.79 Å². The van der Waals surface area contributed by atoms with Gasteiger partial charge in [-0.25, -0.2) is 9.59 Å². The number of rotatable bonds is 23. The van der Waals surface area contributed by atoms with Gasteiger partial charge < -0.3 is 44.0 Å². The summed E-state index contributed by atoms with van der Waals surface area (Å²) in [6.45, 7) is 14.4. The van der Waals surface area contributed by atoms with Crippen molar-refractivity contribution in [3.05, 3.63) is 156 Å². The molecule has 0 radical (unpaired) electrons. The topological polar surface area (TPSA) is 210 Å². The second kappa shape index (κ2) is 25.4. The first-order valence-electron chi connectivity index (χ1n) is 28.1. The lowest BCUT2D eigenvalue weighted by Crippen LogP contribution is -2.90. The van der Waals surface area contributed by atoms with Crippen molar-refractivity contribution in [3.63, 3.8) is 0 Å². The second-order valence-electron chi connectivity index (χ2n) is 23.1. The summed E-state index contributed by atoms with van der Waals surface area (Å²) in [6.07, 6.45) is 22.9. The van der Waals surface area contributed by atoms with Crippen molar-refractivity contribution in [3.8, 4) is 0 Å². The highest BCUT2D eigenvalue weighted by Crippen LogP contribution is 2.78. The van der Waals surface area contributed by atoms with Crippen LogP contribution in [0.15, 0.2) is 145 Å². The molecule has 0 bridgehead atoms. The molecule has 0 aromatic heterocycles. The van der Waals surface area contributed by atoms with Crippen molar-refractivity contribution in [2.24, 2.45) is 22.7 Å². The zero-order valence-electron chi connectivity index (χ0n) is 47.8. The van der Waals surface area contributed by atoms with Crippen molar-refractivity contribution in [2.45, 2.75) is 179 Å². The number of aliphatic hydroxyl groups excluding tert-OH is 1. The van der Waals surface area contributed by atoms with Crippen molar-refractivity contribution >= 4 is 35.8 Å². The highest BCUT2D eigenvalue weighted by Gasteiger charge is 2.89. The van der Waals surface area contributed by atoms with E-state index in [4.69, 9.17) is 28.4 Å². The van der Waals surface area contributed by atoms with Gasteiger partial charge in [0.05, 0.1) is 47.0 Å². The number of hydrogen-bond acceptors (Lipinski definition) is 14. The Hall–Kier alpha value is -6.68. The largest absolute Gasteiger partial charge is 0.455 e. The molecule has 4 aliphatic carbocycles. The number of ether oxygens (including phenoxy) is 6. The molecule has 12 atom stereocenters. The van der Waals surface area contributed by atoms with E-state index in [9.17, 15) is 34.2 Å². The van der Waals surface area contributed by atoms with Crippen LogP contribution >= 0.6 is 0 Å². The number of aliphatic hydroxyl groups is 2. The summed E-state index contributed by atoms with van der Waals surface area (Å²) < 4.78 is 37.2. The fourth-order valence-corrected chi connectivity index (χ4v) is 12.7. The molecule has 2 aromatic rings. The SMILES string of the molecule is CC/C=C\C/C=C\C/C=C\C/C=C\C/C=C\C/C=C\CCC(=O)O[C@H]1C(=O)[C@@]2(C)[C@H]([C@H](OC(=O)c3ccccc3)[C@]3(O)CC4(OC(=O)[C@H](C)C(NC(=O)OC(C)(C)C)c5ccccc5)C(C)=C1[C@@]43C)[C@]1(OC(C)=O)CO[C@@H]1C[C@@H]2O. The first-order chi connectivity index (χ1) is 38.0. The summed E-state index contributed by atoms with van der Waals surface area (Å²) in [6, 6.07) is 15.9. The molecular weight excluding hydrogens is 1020 g/mol. The molecule has 3 saturated carbocycles. The highest BCUT2D eigenvalue weighted by atomic mass is 16.6. The monoisotopic (exact) mass is 1100 g/mol. The lowest BCUT2D eigenvalue weighted by molar-refractivity contribution is -0.376. The summed E-state index contributed by atoms with van der Waals surface area (Å²) in [5, 5.41) is 29.0. The number of amides is 1. The molecule has 2 aromatic carbocycles. The van der Waals surface area contributed by atoms with Gasteiger partial charge in [0.1, 0.15) is 29.0 Å². The fourth-order valence-electron chi connectivity index (χ4n) is 12.7. The van der Waals surface area contributed by atoms with Crippen LogP contribution in [-0.2, 0) is 47.6 Å². The van der Waals surface area contributed by atoms with Crippen LogP contribution in [0, 0.1) is 22.7 Å². The zero-order valence-corrected chi connectivity index (χ0v) is 47.8. The third-order valence-electron chi connectivity index (χ3n) is 16.8. The summed E-state index contributed by atoms with van der Waals surface area (Å²) in [4.78, 5) is 86.1. The van der Waals surface area contributed by atoms with E-state index in [0.29, 0.717) is 17.6 Å². The Balaban J connectivity index is 1.18. The van der Waals surface area contributed by atoms with E-state index in [1.54, 1.807) is 90.1 Å². The molecule has 1 aliphatic heterocycles. The summed E-state index contributed by atoms with van der Waals surface area (Å²) in [7, 11) is 0. The van der Waals surface area contributed by atoms with E-state index in [1.807, 2.05) is 18.2 Å². The average molecular weight is 1100 g/mol. The molecular formula is C65H81NO14. The Bertz CT molecular complexity index is 2810. The van der Waals surface area contributed by atoms with E-state index >= 15 is 4.79 Å². The Morgan fingerprint density at radius 1 is 0.800 bits per heavy atom. The Kier molecular flexibility index (Phi) is 19.4. The van der Waals surface area contributed by atoms with Crippen LogP contribution in [0.2, 0.25) is 0 Å². The fraction of sp³-hybridized carbons (Fsp3) is 0.508. The van der Waals surface area contributed by atoms with E-state index in [1.165, 1.54) is 26.0 Å². The lowest BCUT2D eigenvalue weighted by atomic mass is 9.30. The lowest BCUT2D eigenvalue weighted by Gasteiger charge is -2.78. The molecule has 80 heavy (non-hydrogen) atoms. The zero-order chi connectivity index (χ0) is 58.1. The Morgan fingerprint density at radius 2 is 1.35 bits per heavy atom. The molecule has 2 unspecified atom stereocenters. The molecule has 1 amide bonds. The Labute approximate surface area is 471 Å². The normalized spacial score (nSPS) is 30.6.